The molecule has 1 aromatic rings. The van der Waals surface area contributed by atoms with Gasteiger partial charge >= 0.3 is 0 Å². The standard InChI is InChI=1S/C11H15ClN4OS/c1-7(12)6-14-10(17)8-9(13)15-11(18-8)16-4-2-3-5-16/h1-6,13H2,(H,14,17). The smallest absolute Gasteiger partial charge is 0.265 e. The monoisotopic (exact) mass is 286 g/mol. The van der Waals surface area contributed by atoms with Gasteiger partial charge in [0.25, 0.3) is 5.91 Å². The van der Waals surface area contributed by atoms with Crippen molar-refractivity contribution in [1.82, 2.24) is 10.3 Å². The second-order valence-corrected chi connectivity index (χ2v) is 5.62. The van der Waals surface area contributed by atoms with Crippen molar-refractivity contribution >= 4 is 39.8 Å². The largest absolute Gasteiger partial charge is 0.382 e. The molecule has 0 aliphatic carbocycles. The molecule has 3 N–H and O–H groups in total. The Kier molecular flexibility index (Phi) is 4.08. The zero-order valence-electron chi connectivity index (χ0n) is 9.91. The van der Waals surface area contributed by atoms with Gasteiger partial charge in [-0.05, 0) is 12.8 Å². The second-order valence-electron chi connectivity index (χ2n) is 4.10. The number of hydrogen-bond donors (Lipinski definition) is 2. The Hall–Kier alpha value is -1.27. The molecule has 1 aliphatic heterocycles. The Morgan fingerprint density at radius 2 is 2.22 bits per heavy atom. The number of thiazole rings is 1. The van der Waals surface area contributed by atoms with E-state index in [0.29, 0.717) is 9.91 Å². The number of carbonyl (C=O) groups is 1. The van der Waals surface area contributed by atoms with Gasteiger partial charge < -0.3 is 16.0 Å². The van der Waals surface area contributed by atoms with Crippen molar-refractivity contribution in [2.24, 2.45) is 0 Å². The van der Waals surface area contributed by atoms with Crippen LogP contribution in [0.5, 0.6) is 0 Å². The highest BCUT2D eigenvalue weighted by Gasteiger charge is 2.21. The molecule has 0 unspecified atom stereocenters. The SMILES string of the molecule is C=C(Cl)CNC(=O)c1sc(N2CCCC2)nc1N. The lowest BCUT2D eigenvalue weighted by atomic mass is 10.4. The van der Waals surface area contributed by atoms with Crippen LogP contribution in [-0.2, 0) is 0 Å². The van der Waals surface area contributed by atoms with E-state index in [9.17, 15) is 4.79 Å². The Morgan fingerprint density at radius 1 is 1.56 bits per heavy atom. The van der Waals surface area contributed by atoms with E-state index in [-0.39, 0.29) is 18.3 Å². The summed E-state index contributed by atoms with van der Waals surface area (Å²) in [5, 5.41) is 3.84. The molecule has 98 valence electrons. The molecule has 1 fully saturated rings. The summed E-state index contributed by atoms with van der Waals surface area (Å²) in [7, 11) is 0. The fraction of sp³-hybridized carbons (Fsp3) is 0.455. The molecule has 7 heteroatoms. The quantitative estimate of drug-likeness (QED) is 0.885. The Bertz CT molecular complexity index is 468. The summed E-state index contributed by atoms with van der Waals surface area (Å²) in [5.74, 6) is 0.0248. The lowest BCUT2D eigenvalue weighted by Crippen LogP contribution is -2.24. The Morgan fingerprint density at radius 3 is 2.83 bits per heavy atom. The highest BCUT2D eigenvalue weighted by Crippen LogP contribution is 2.30. The maximum absolute atomic E-state index is 11.9. The van der Waals surface area contributed by atoms with Gasteiger partial charge in [-0.1, -0.05) is 29.5 Å². The average Bonchev–Trinajstić information content (AvgIpc) is 2.94. The number of nitrogens with zero attached hydrogens (tertiary/aromatic N) is 2. The van der Waals surface area contributed by atoms with Crippen LogP contribution in [0.3, 0.4) is 0 Å². The number of hydrogen-bond acceptors (Lipinski definition) is 5. The van der Waals surface area contributed by atoms with Crippen LogP contribution in [0.15, 0.2) is 11.6 Å². The van der Waals surface area contributed by atoms with E-state index in [1.807, 2.05) is 0 Å². The molecule has 0 saturated carbocycles. The van der Waals surface area contributed by atoms with Gasteiger partial charge in [0.15, 0.2) is 5.13 Å². The van der Waals surface area contributed by atoms with Crippen LogP contribution < -0.4 is 16.0 Å². The van der Waals surface area contributed by atoms with Gasteiger partial charge in [-0.25, -0.2) is 4.98 Å². The number of halogens is 1. The van der Waals surface area contributed by atoms with Crippen molar-refractivity contribution in [2.45, 2.75) is 12.8 Å². The molecule has 18 heavy (non-hydrogen) atoms. The molecule has 5 nitrogen and oxygen atoms in total. The summed E-state index contributed by atoms with van der Waals surface area (Å²) in [4.78, 5) is 18.7. The minimum Gasteiger partial charge on any atom is -0.382 e. The maximum atomic E-state index is 11.9. The van der Waals surface area contributed by atoms with Crippen LogP contribution in [-0.4, -0.2) is 30.5 Å². The Labute approximate surface area is 115 Å². The number of nitrogens with two attached hydrogens (primary N) is 1. The normalized spacial score (nSPS) is 14.8. The van der Waals surface area contributed by atoms with Crippen LogP contribution in [0.25, 0.3) is 0 Å². The van der Waals surface area contributed by atoms with Gasteiger partial charge in [-0.2, -0.15) is 0 Å². The fourth-order valence-corrected chi connectivity index (χ4v) is 2.80. The van der Waals surface area contributed by atoms with E-state index in [1.54, 1.807) is 0 Å². The minimum absolute atomic E-state index is 0.233. The van der Waals surface area contributed by atoms with E-state index in [0.717, 1.165) is 31.1 Å². The van der Waals surface area contributed by atoms with Crippen molar-refractivity contribution in [1.29, 1.82) is 0 Å². The molecule has 1 saturated heterocycles. The predicted octanol–water partition coefficient (Wildman–Crippen LogP) is 1.81. The first-order valence-corrected chi connectivity index (χ1v) is 6.90. The Balaban J connectivity index is 2.08. The third-order valence-corrected chi connectivity index (χ3v) is 3.93. The maximum Gasteiger partial charge on any atom is 0.265 e. The van der Waals surface area contributed by atoms with Gasteiger partial charge in [0.05, 0.1) is 6.54 Å². The predicted molar refractivity (Wildman–Crippen MR) is 75.3 cm³/mol. The number of carbonyl (C=O) groups excluding carboxylic acids is 1. The molecule has 0 atom stereocenters. The number of rotatable bonds is 4. The number of amides is 1. The van der Waals surface area contributed by atoms with Gasteiger partial charge in [0.1, 0.15) is 10.7 Å². The van der Waals surface area contributed by atoms with E-state index in [2.05, 4.69) is 21.8 Å². The average molecular weight is 287 g/mol. The minimum atomic E-state index is -0.253. The van der Waals surface area contributed by atoms with E-state index < -0.39 is 0 Å². The molecule has 0 aromatic carbocycles. The van der Waals surface area contributed by atoms with E-state index in [4.69, 9.17) is 17.3 Å². The van der Waals surface area contributed by atoms with Crippen molar-refractivity contribution in [3.63, 3.8) is 0 Å². The molecule has 0 bridgehead atoms. The third kappa shape index (κ3) is 2.94. The molecule has 2 rings (SSSR count). The highest BCUT2D eigenvalue weighted by molar-refractivity contribution is 7.18. The van der Waals surface area contributed by atoms with Crippen molar-refractivity contribution in [2.75, 3.05) is 30.3 Å². The highest BCUT2D eigenvalue weighted by atomic mass is 35.5. The van der Waals surface area contributed by atoms with E-state index in [1.165, 1.54) is 11.3 Å². The molecule has 0 radical (unpaired) electrons. The van der Waals surface area contributed by atoms with Crippen LogP contribution in [0, 0.1) is 0 Å². The summed E-state index contributed by atoms with van der Waals surface area (Å²) >= 11 is 6.92. The van der Waals surface area contributed by atoms with Gasteiger partial charge in [0, 0.05) is 18.1 Å². The van der Waals surface area contributed by atoms with Crippen LogP contribution in [0.4, 0.5) is 10.9 Å². The van der Waals surface area contributed by atoms with Crippen molar-refractivity contribution in [3.8, 4) is 0 Å². The van der Waals surface area contributed by atoms with Gasteiger partial charge in [0.2, 0.25) is 0 Å². The summed E-state index contributed by atoms with van der Waals surface area (Å²) in [6.07, 6.45) is 2.32. The summed E-state index contributed by atoms with van der Waals surface area (Å²) in [6, 6.07) is 0. The second kappa shape index (κ2) is 5.58. The molecule has 2 heterocycles. The molecule has 1 aliphatic rings. The van der Waals surface area contributed by atoms with Crippen molar-refractivity contribution in [3.05, 3.63) is 16.5 Å². The third-order valence-electron chi connectivity index (χ3n) is 2.67. The van der Waals surface area contributed by atoms with Crippen molar-refractivity contribution < 1.29 is 4.79 Å². The van der Waals surface area contributed by atoms with Crippen LogP contribution >= 0.6 is 22.9 Å². The zero-order valence-corrected chi connectivity index (χ0v) is 11.5. The molecule has 0 spiro atoms. The summed E-state index contributed by atoms with van der Waals surface area (Å²) < 4.78 is 0. The molecule has 1 aromatic heterocycles. The lowest BCUT2D eigenvalue weighted by Gasteiger charge is -2.11. The first kappa shape index (κ1) is 13.2. The topological polar surface area (TPSA) is 71.2 Å². The van der Waals surface area contributed by atoms with Gasteiger partial charge in [-0.3, -0.25) is 4.79 Å². The molecule has 1 amide bonds. The number of aromatic nitrogens is 1. The van der Waals surface area contributed by atoms with E-state index >= 15 is 0 Å². The molecular weight excluding hydrogens is 272 g/mol. The molecular formula is C11H15ClN4OS. The first-order valence-electron chi connectivity index (χ1n) is 5.70. The number of nitrogens with one attached hydrogen (secondary N) is 1. The number of nitrogen functional groups attached to an aromatic ring is 1. The van der Waals surface area contributed by atoms with Crippen LogP contribution in [0.2, 0.25) is 0 Å². The van der Waals surface area contributed by atoms with Gasteiger partial charge in [-0.15, -0.1) is 0 Å². The number of anilines is 2. The lowest BCUT2D eigenvalue weighted by molar-refractivity contribution is 0.0962. The van der Waals surface area contributed by atoms with Crippen LogP contribution in [0.1, 0.15) is 22.5 Å². The summed E-state index contributed by atoms with van der Waals surface area (Å²) in [6.45, 7) is 5.70. The zero-order chi connectivity index (χ0) is 13.1. The fourth-order valence-electron chi connectivity index (χ4n) is 1.78. The first-order chi connectivity index (χ1) is 8.58. The summed E-state index contributed by atoms with van der Waals surface area (Å²) in [5.41, 5.74) is 5.77.